The second kappa shape index (κ2) is 5.34. The van der Waals surface area contributed by atoms with E-state index in [9.17, 15) is 13.2 Å². The van der Waals surface area contributed by atoms with Crippen LogP contribution in [0, 0.1) is 5.92 Å². The molecule has 118 valence electrons. The lowest BCUT2D eigenvalue weighted by atomic mass is 9.80. The molecule has 1 aliphatic rings. The predicted octanol–water partition coefficient (Wildman–Crippen LogP) is 4.24. The number of benzene rings is 1. The number of anilines is 2. The minimum atomic E-state index is -4.09. The van der Waals surface area contributed by atoms with Crippen LogP contribution in [0.1, 0.15) is 37.3 Å². The van der Waals surface area contributed by atoms with Gasteiger partial charge in [0.1, 0.15) is 5.82 Å². The van der Waals surface area contributed by atoms with Gasteiger partial charge < -0.3 is 11.5 Å². The van der Waals surface area contributed by atoms with E-state index in [4.69, 9.17) is 11.5 Å². The van der Waals surface area contributed by atoms with E-state index in [-0.39, 0.29) is 18.8 Å². The second-order valence-electron chi connectivity index (χ2n) is 5.96. The molecule has 0 spiro atoms. The Morgan fingerprint density at radius 3 is 2.32 bits per heavy atom. The Morgan fingerprint density at radius 2 is 1.68 bits per heavy atom. The van der Waals surface area contributed by atoms with Crippen LogP contribution >= 0.6 is 0 Å². The minimum absolute atomic E-state index is 0.0184. The second-order valence-corrected chi connectivity index (χ2v) is 5.96. The van der Waals surface area contributed by atoms with Gasteiger partial charge in [-0.3, -0.25) is 0 Å². The van der Waals surface area contributed by atoms with Crippen molar-refractivity contribution in [1.29, 1.82) is 0 Å². The summed E-state index contributed by atoms with van der Waals surface area (Å²) in [5.41, 5.74) is 13.3. The summed E-state index contributed by atoms with van der Waals surface area (Å²) in [6.45, 7) is 0. The number of nitrogens with two attached hydrogens (primary N) is 2. The van der Waals surface area contributed by atoms with Crippen LogP contribution in [-0.2, 0) is 0 Å². The molecule has 0 radical (unpaired) electrons. The first-order valence-electron chi connectivity index (χ1n) is 7.37. The van der Waals surface area contributed by atoms with Crippen molar-refractivity contribution in [2.75, 3.05) is 11.5 Å². The predicted molar refractivity (Wildman–Crippen MR) is 81.3 cm³/mol. The zero-order valence-electron chi connectivity index (χ0n) is 12.0. The molecule has 4 N–H and O–H groups in total. The van der Waals surface area contributed by atoms with E-state index >= 15 is 0 Å². The molecule has 1 aliphatic carbocycles. The Labute approximate surface area is 126 Å². The van der Waals surface area contributed by atoms with Crippen LogP contribution in [0.3, 0.4) is 0 Å². The molecule has 1 saturated carbocycles. The summed E-state index contributed by atoms with van der Waals surface area (Å²) in [4.78, 5) is 4.39. The van der Waals surface area contributed by atoms with Crippen molar-refractivity contribution in [3.63, 3.8) is 0 Å². The van der Waals surface area contributed by atoms with Gasteiger partial charge in [0.15, 0.2) is 0 Å². The van der Waals surface area contributed by atoms with Gasteiger partial charge in [0.2, 0.25) is 0 Å². The Bertz CT molecular complexity index is 689. The number of hydrogen-bond donors (Lipinski definition) is 2. The quantitative estimate of drug-likeness (QED) is 0.775. The van der Waals surface area contributed by atoms with Gasteiger partial charge in [0.05, 0.1) is 5.92 Å². The van der Waals surface area contributed by atoms with E-state index in [0.29, 0.717) is 24.3 Å². The third kappa shape index (κ3) is 2.69. The van der Waals surface area contributed by atoms with Crippen LogP contribution in [0.2, 0.25) is 0 Å². The van der Waals surface area contributed by atoms with Crippen molar-refractivity contribution in [2.24, 2.45) is 5.92 Å². The van der Waals surface area contributed by atoms with E-state index in [0.717, 1.165) is 16.5 Å². The fourth-order valence-electron chi connectivity index (χ4n) is 3.27. The maximum absolute atomic E-state index is 12.7. The number of halogens is 3. The van der Waals surface area contributed by atoms with Gasteiger partial charge in [0, 0.05) is 28.1 Å². The number of nitrogens with zero attached hydrogens (tertiary/aromatic N) is 1. The molecule has 6 heteroatoms. The van der Waals surface area contributed by atoms with Gasteiger partial charge in [-0.25, -0.2) is 4.98 Å². The summed E-state index contributed by atoms with van der Waals surface area (Å²) >= 11 is 0. The molecular formula is C16H18F3N3. The topological polar surface area (TPSA) is 64.9 Å². The summed E-state index contributed by atoms with van der Waals surface area (Å²) in [5.74, 6) is -0.783. The third-order valence-electron chi connectivity index (χ3n) is 4.57. The van der Waals surface area contributed by atoms with Crippen LogP contribution in [0.5, 0.6) is 0 Å². The van der Waals surface area contributed by atoms with Crippen LogP contribution in [0.25, 0.3) is 10.8 Å². The highest BCUT2D eigenvalue weighted by atomic mass is 19.4. The normalized spacial score (nSPS) is 22.9. The number of aromatic nitrogens is 1. The first-order chi connectivity index (χ1) is 10.4. The lowest BCUT2D eigenvalue weighted by Crippen LogP contribution is -2.27. The summed E-state index contributed by atoms with van der Waals surface area (Å²) in [7, 11) is 0. The summed E-state index contributed by atoms with van der Waals surface area (Å²) < 4.78 is 38.2. The highest BCUT2D eigenvalue weighted by molar-refractivity contribution is 5.98. The molecule has 0 unspecified atom stereocenters. The zero-order chi connectivity index (χ0) is 15.9. The summed E-state index contributed by atoms with van der Waals surface area (Å²) in [6, 6.07) is 7.31. The van der Waals surface area contributed by atoms with Crippen molar-refractivity contribution >= 4 is 22.3 Å². The maximum atomic E-state index is 12.7. The number of rotatable bonds is 1. The lowest BCUT2D eigenvalue weighted by Gasteiger charge is -2.29. The molecule has 0 saturated heterocycles. The van der Waals surface area contributed by atoms with E-state index in [1.54, 1.807) is 6.07 Å². The number of nitrogen functional groups attached to an aromatic ring is 2. The largest absolute Gasteiger partial charge is 0.398 e. The zero-order valence-corrected chi connectivity index (χ0v) is 12.0. The molecule has 0 bridgehead atoms. The number of pyridine rings is 1. The molecular weight excluding hydrogens is 291 g/mol. The van der Waals surface area contributed by atoms with Crippen LogP contribution in [0.15, 0.2) is 24.3 Å². The average molecular weight is 309 g/mol. The Morgan fingerprint density at radius 1 is 1.00 bits per heavy atom. The SMILES string of the molecule is Nc1cccc2c(N)nc([C@H]3CC[C@H](C(F)(F)F)CC3)cc12. The third-order valence-corrected chi connectivity index (χ3v) is 4.57. The standard InChI is InChI=1S/C16H18F3N3/c17-16(18,19)10-6-4-9(5-7-10)14-8-12-11(15(21)22-14)2-1-3-13(12)20/h1-3,8-10H,4-7,20H2,(H2,21,22)/t9-,10-. The summed E-state index contributed by atoms with van der Waals surface area (Å²) in [5, 5.41) is 1.61. The van der Waals surface area contributed by atoms with Gasteiger partial charge in [-0.2, -0.15) is 13.2 Å². The number of hydrogen-bond acceptors (Lipinski definition) is 3. The highest BCUT2D eigenvalue weighted by Crippen LogP contribution is 2.43. The Hall–Kier alpha value is -1.98. The van der Waals surface area contributed by atoms with Gasteiger partial charge >= 0.3 is 6.18 Å². The van der Waals surface area contributed by atoms with Crippen molar-refractivity contribution in [3.8, 4) is 0 Å². The average Bonchev–Trinajstić information content (AvgIpc) is 2.47. The van der Waals surface area contributed by atoms with Crippen LogP contribution in [0.4, 0.5) is 24.7 Å². The smallest absolute Gasteiger partial charge is 0.391 e. The monoisotopic (exact) mass is 309 g/mol. The van der Waals surface area contributed by atoms with Crippen LogP contribution < -0.4 is 11.5 Å². The van der Waals surface area contributed by atoms with E-state index in [1.807, 2.05) is 18.2 Å². The van der Waals surface area contributed by atoms with Crippen molar-refractivity contribution in [3.05, 3.63) is 30.0 Å². The number of fused-ring (bicyclic) bond motifs is 1. The van der Waals surface area contributed by atoms with Crippen molar-refractivity contribution < 1.29 is 13.2 Å². The van der Waals surface area contributed by atoms with E-state index in [1.165, 1.54) is 0 Å². The maximum Gasteiger partial charge on any atom is 0.391 e. The molecule has 0 atom stereocenters. The van der Waals surface area contributed by atoms with Gasteiger partial charge in [-0.1, -0.05) is 12.1 Å². The molecule has 1 heterocycles. The minimum Gasteiger partial charge on any atom is -0.398 e. The molecule has 3 nitrogen and oxygen atoms in total. The van der Waals surface area contributed by atoms with Crippen LogP contribution in [-0.4, -0.2) is 11.2 Å². The molecule has 1 aromatic heterocycles. The molecule has 0 amide bonds. The van der Waals surface area contributed by atoms with E-state index < -0.39 is 12.1 Å². The lowest BCUT2D eigenvalue weighted by molar-refractivity contribution is -0.182. The Kier molecular flexibility index (Phi) is 3.62. The summed E-state index contributed by atoms with van der Waals surface area (Å²) in [6.07, 6.45) is -2.83. The number of alkyl halides is 3. The molecule has 0 aliphatic heterocycles. The Balaban J connectivity index is 1.88. The fraction of sp³-hybridized carbons (Fsp3) is 0.438. The molecule has 2 aromatic rings. The van der Waals surface area contributed by atoms with Crippen molar-refractivity contribution in [2.45, 2.75) is 37.8 Å². The highest BCUT2D eigenvalue weighted by Gasteiger charge is 2.41. The molecule has 22 heavy (non-hydrogen) atoms. The van der Waals surface area contributed by atoms with E-state index in [2.05, 4.69) is 4.98 Å². The molecule has 1 aromatic carbocycles. The van der Waals surface area contributed by atoms with Crippen molar-refractivity contribution in [1.82, 2.24) is 4.98 Å². The molecule has 1 fully saturated rings. The first kappa shape index (κ1) is 14.9. The van der Waals surface area contributed by atoms with Gasteiger partial charge in [0.25, 0.3) is 0 Å². The van der Waals surface area contributed by atoms with Gasteiger partial charge in [-0.05, 0) is 37.8 Å². The van der Waals surface area contributed by atoms with Gasteiger partial charge in [-0.15, -0.1) is 0 Å². The first-order valence-corrected chi connectivity index (χ1v) is 7.37. The fourth-order valence-corrected chi connectivity index (χ4v) is 3.27. The molecule has 3 rings (SSSR count).